The molecule has 0 aromatic carbocycles. The van der Waals surface area contributed by atoms with Crippen molar-refractivity contribution in [2.45, 2.75) is 71.3 Å². The molecule has 1 aliphatic heterocycles. The molecule has 3 nitrogen and oxygen atoms in total. The summed E-state index contributed by atoms with van der Waals surface area (Å²) in [5.74, 6) is 0.645. The van der Waals surface area contributed by atoms with E-state index < -0.39 is 0 Å². The maximum atomic E-state index is 5.89. The van der Waals surface area contributed by atoms with Gasteiger partial charge in [-0.05, 0) is 25.8 Å². The van der Waals surface area contributed by atoms with Gasteiger partial charge in [0.25, 0.3) is 0 Å². The van der Waals surface area contributed by atoms with E-state index in [0.29, 0.717) is 12.0 Å². The Morgan fingerprint density at radius 2 is 1.90 bits per heavy atom. The second-order valence-electron chi connectivity index (χ2n) is 6.03. The SMILES string of the molecule is CCCCCCCCOCC(NCCC)C1CCOC1. The molecule has 0 saturated carbocycles. The van der Waals surface area contributed by atoms with Gasteiger partial charge >= 0.3 is 0 Å². The molecule has 0 spiro atoms. The molecule has 20 heavy (non-hydrogen) atoms. The van der Waals surface area contributed by atoms with Crippen molar-refractivity contribution < 1.29 is 9.47 Å². The van der Waals surface area contributed by atoms with Crippen molar-refractivity contribution in [2.24, 2.45) is 5.92 Å². The molecular weight excluding hydrogens is 250 g/mol. The number of unbranched alkanes of at least 4 members (excludes halogenated alkanes) is 5. The van der Waals surface area contributed by atoms with Gasteiger partial charge in [-0.2, -0.15) is 0 Å². The number of hydrogen-bond donors (Lipinski definition) is 1. The van der Waals surface area contributed by atoms with Crippen LogP contribution in [0.5, 0.6) is 0 Å². The molecule has 1 aliphatic rings. The van der Waals surface area contributed by atoms with Gasteiger partial charge in [0.1, 0.15) is 0 Å². The molecule has 0 aromatic rings. The van der Waals surface area contributed by atoms with Crippen LogP contribution < -0.4 is 5.32 Å². The van der Waals surface area contributed by atoms with Crippen LogP contribution in [0.25, 0.3) is 0 Å². The Labute approximate surface area is 125 Å². The summed E-state index contributed by atoms with van der Waals surface area (Å²) in [6.45, 7) is 9.16. The van der Waals surface area contributed by atoms with E-state index in [0.717, 1.165) is 33.0 Å². The summed E-state index contributed by atoms with van der Waals surface area (Å²) in [6, 6.07) is 0.484. The minimum absolute atomic E-state index is 0.484. The van der Waals surface area contributed by atoms with Crippen molar-refractivity contribution in [3.8, 4) is 0 Å². The third kappa shape index (κ3) is 8.23. The van der Waals surface area contributed by atoms with Crippen molar-refractivity contribution in [2.75, 3.05) is 33.0 Å². The van der Waals surface area contributed by atoms with Crippen molar-refractivity contribution >= 4 is 0 Å². The number of ether oxygens (including phenoxy) is 2. The maximum absolute atomic E-state index is 5.89. The van der Waals surface area contributed by atoms with E-state index in [4.69, 9.17) is 9.47 Å². The van der Waals surface area contributed by atoms with Crippen LogP contribution in [0.2, 0.25) is 0 Å². The second kappa shape index (κ2) is 12.6. The predicted molar refractivity (Wildman–Crippen MR) is 85.2 cm³/mol. The molecule has 1 fully saturated rings. The van der Waals surface area contributed by atoms with Gasteiger partial charge < -0.3 is 14.8 Å². The minimum Gasteiger partial charge on any atom is -0.381 e. The second-order valence-corrected chi connectivity index (χ2v) is 6.03. The molecule has 1 saturated heterocycles. The first-order valence-electron chi connectivity index (χ1n) is 8.77. The molecule has 0 radical (unpaired) electrons. The normalized spacial score (nSPS) is 20.4. The quantitative estimate of drug-likeness (QED) is 0.523. The summed E-state index contributed by atoms with van der Waals surface area (Å²) in [5, 5.41) is 3.63. The lowest BCUT2D eigenvalue weighted by Gasteiger charge is -2.23. The largest absolute Gasteiger partial charge is 0.381 e. The Morgan fingerprint density at radius 1 is 1.10 bits per heavy atom. The fraction of sp³-hybridized carbons (Fsp3) is 1.00. The smallest absolute Gasteiger partial charge is 0.0623 e. The average molecular weight is 285 g/mol. The fourth-order valence-corrected chi connectivity index (χ4v) is 2.76. The highest BCUT2D eigenvalue weighted by atomic mass is 16.5. The van der Waals surface area contributed by atoms with Crippen LogP contribution in [0.1, 0.15) is 65.2 Å². The molecule has 0 aliphatic carbocycles. The van der Waals surface area contributed by atoms with Crippen molar-refractivity contribution in [1.82, 2.24) is 5.32 Å². The molecule has 1 rings (SSSR count). The van der Waals surface area contributed by atoms with Crippen molar-refractivity contribution in [1.29, 1.82) is 0 Å². The van der Waals surface area contributed by atoms with Crippen molar-refractivity contribution in [3.05, 3.63) is 0 Å². The minimum atomic E-state index is 0.484. The lowest BCUT2D eigenvalue weighted by Crippen LogP contribution is -2.41. The highest BCUT2D eigenvalue weighted by molar-refractivity contribution is 4.79. The number of rotatable bonds is 13. The van der Waals surface area contributed by atoms with E-state index in [2.05, 4.69) is 19.2 Å². The number of nitrogens with one attached hydrogen (secondary N) is 1. The molecule has 2 atom stereocenters. The predicted octanol–water partition coefficient (Wildman–Crippen LogP) is 3.77. The van der Waals surface area contributed by atoms with Crippen LogP contribution in [0, 0.1) is 5.92 Å². The van der Waals surface area contributed by atoms with Crippen LogP contribution in [-0.2, 0) is 9.47 Å². The zero-order valence-corrected chi connectivity index (χ0v) is 13.7. The van der Waals surface area contributed by atoms with E-state index in [1.807, 2.05) is 0 Å². The van der Waals surface area contributed by atoms with Crippen LogP contribution in [0.4, 0.5) is 0 Å². The highest BCUT2D eigenvalue weighted by Crippen LogP contribution is 2.17. The lowest BCUT2D eigenvalue weighted by atomic mass is 9.99. The summed E-state index contributed by atoms with van der Waals surface area (Å²) in [4.78, 5) is 0. The molecule has 1 N–H and O–H groups in total. The van der Waals surface area contributed by atoms with E-state index in [1.165, 1.54) is 51.4 Å². The van der Waals surface area contributed by atoms with Crippen LogP contribution >= 0.6 is 0 Å². The molecule has 1 heterocycles. The molecule has 0 bridgehead atoms. The third-order valence-corrected chi connectivity index (χ3v) is 4.13. The molecular formula is C17H35NO2. The molecule has 0 aromatic heterocycles. The standard InChI is InChI=1S/C17H35NO2/c1-3-5-6-7-8-9-12-19-15-17(18-11-4-2)16-10-13-20-14-16/h16-18H,3-15H2,1-2H3. The summed E-state index contributed by atoms with van der Waals surface area (Å²) < 4.78 is 11.4. The Morgan fingerprint density at radius 3 is 2.60 bits per heavy atom. The van der Waals surface area contributed by atoms with Gasteiger partial charge in [-0.25, -0.2) is 0 Å². The Hall–Kier alpha value is -0.120. The first-order valence-corrected chi connectivity index (χ1v) is 8.77. The Balaban J connectivity index is 2.02. The van der Waals surface area contributed by atoms with Gasteiger partial charge in [0.2, 0.25) is 0 Å². The van der Waals surface area contributed by atoms with Gasteiger partial charge in [0.15, 0.2) is 0 Å². The topological polar surface area (TPSA) is 30.5 Å². The summed E-state index contributed by atoms with van der Waals surface area (Å²) >= 11 is 0. The monoisotopic (exact) mass is 285 g/mol. The van der Waals surface area contributed by atoms with Gasteiger partial charge in [0.05, 0.1) is 13.2 Å². The first kappa shape index (κ1) is 17.9. The first-order chi connectivity index (χ1) is 9.88. The summed E-state index contributed by atoms with van der Waals surface area (Å²) in [6.07, 6.45) is 10.4. The van der Waals surface area contributed by atoms with Crippen LogP contribution in [0.15, 0.2) is 0 Å². The van der Waals surface area contributed by atoms with Crippen LogP contribution in [0.3, 0.4) is 0 Å². The lowest BCUT2D eigenvalue weighted by molar-refractivity contribution is 0.0845. The van der Waals surface area contributed by atoms with E-state index in [1.54, 1.807) is 0 Å². The van der Waals surface area contributed by atoms with Gasteiger partial charge in [-0.3, -0.25) is 0 Å². The fourth-order valence-electron chi connectivity index (χ4n) is 2.76. The number of hydrogen-bond acceptors (Lipinski definition) is 3. The van der Waals surface area contributed by atoms with E-state index in [-0.39, 0.29) is 0 Å². The average Bonchev–Trinajstić information content (AvgIpc) is 2.99. The molecule has 120 valence electrons. The van der Waals surface area contributed by atoms with Gasteiger partial charge in [0, 0.05) is 25.2 Å². The van der Waals surface area contributed by atoms with E-state index >= 15 is 0 Å². The molecule has 0 amide bonds. The van der Waals surface area contributed by atoms with Gasteiger partial charge in [-0.15, -0.1) is 0 Å². The third-order valence-electron chi connectivity index (χ3n) is 4.13. The Kier molecular flexibility index (Phi) is 11.3. The molecule has 3 heteroatoms. The van der Waals surface area contributed by atoms with Gasteiger partial charge in [-0.1, -0.05) is 46.0 Å². The van der Waals surface area contributed by atoms with E-state index in [9.17, 15) is 0 Å². The zero-order chi connectivity index (χ0) is 14.5. The molecule has 2 unspecified atom stereocenters. The highest BCUT2D eigenvalue weighted by Gasteiger charge is 2.25. The van der Waals surface area contributed by atoms with Crippen molar-refractivity contribution in [3.63, 3.8) is 0 Å². The zero-order valence-electron chi connectivity index (χ0n) is 13.7. The van der Waals surface area contributed by atoms with Crippen LogP contribution in [-0.4, -0.2) is 39.0 Å². The summed E-state index contributed by atoms with van der Waals surface area (Å²) in [5.41, 5.74) is 0. The maximum Gasteiger partial charge on any atom is 0.0623 e. The Bertz CT molecular complexity index is 205. The summed E-state index contributed by atoms with van der Waals surface area (Å²) in [7, 11) is 0.